The molecule has 0 saturated heterocycles. The average molecular weight is 306 g/mol. The van der Waals surface area contributed by atoms with Gasteiger partial charge in [0.1, 0.15) is 17.7 Å². The van der Waals surface area contributed by atoms with Gasteiger partial charge < -0.3 is 9.52 Å². The molecule has 0 aliphatic heterocycles. The minimum Gasteiger partial charge on any atom is -0.466 e. The van der Waals surface area contributed by atoms with E-state index < -0.39 is 11.9 Å². The molecule has 0 radical (unpaired) electrons. The number of hydrogen-bond acceptors (Lipinski definition) is 2. The zero-order valence-electron chi connectivity index (χ0n) is 7.95. The topological polar surface area (TPSA) is 33.4 Å². The van der Waals surface area contributed by atoms with Gasteiger partial charge in [0.05, 0.1) is 10.7 Å². The summed E-state index contributed by atoms with van der Waals surface area (Å²) in [6.45, 7) is 0. The van der Waals surface area contributed by atoms with Crippen LogP contribution in [0.1, 0.15) is 17.4 Å². The number of hydrogen-bond donors (Lipinski definition) is 1. The van der Waals surface area contributed by atoms with Crippen molar-refractivity contribution in [3.63, 3.8) is 0 Å². The number of furan rings is 1. The van der Waals surface area contributed by atoms with Gasteiger partial charge in [-0.1, -0.05) is 11.6 Å². The van der Waals surface area contributed by atoms with Crippen molar-refractivity contribution in [3.8, 4) is 0 Å². The number of aliphatic hydroxyl groups is 1. The predicted molar refractivity (Wildman–Crippen MR) is 61.9 cm³/mol. The van der Waals surface area contributed by atoms with Crippen molar-refractivity contribution in [2.75, 3.05) is 0 Å². The Morgan fingerprint density at radius 1 is 1.38 bits per heavy atom. The molecule has 0 aliphatic rings. The van der Waals surface area contributed by atoms with Gasteiger partial charge >= 0.3 is 0 Å². The molecule has 0 aliphatic carbocycles. The van der Waals surface area contributed by atoms with Crippen LogP contribution in [-0.4, -0.2) is 5.11 Å². The minimum absolute atomic E-state index is 0.00555. The molecule has 84 valence electrons. The highest BCUT2D eigenvalue weighted by molar-refractivity contribution is 9.10. The van der Waals surface area contributed by atoms with E-state index in [4.69, 9.17) is 16.0 Å². The van der Waals surface area contributed by atoms with Crippen molar-refractivity contribution in [2.45, 2.75) is 6.10 Å². The highest BCUT2D eigenvalue weighted by Crippen LogP contribution is 2.33. The first-order valence-corrected chi connectivity index (χ1v) is 5.63. The van der Waals surface area contributed by atoms with E-state index in [0.717, 1.165) is 0 Å². The lowest BCUT2D eigenvalue weighted by molar-refractivity contribution is 0.184. The van der Waals surface area contributed by atoms with Crippen molar-refractivity contribution in [1.82, 2.24) is 0 Å². The Labute approximate surface area is 105 Å². The monoisotopic (exact) mass is 304 g/mol. The van der Waals surface area contributed by atoms with E-state index in [1.54, 1.807) is 12.1 Å². The molecule has 5 heteroatoms. The van der Waals surface area contributed by atoms with Gasteiger partial charge in [-0.05, 0) is 40.2 Å². The fraction of sp³-hybridized carbons (Fsp3) is 0.0909. The number of aliphatic hydroxyl groups excluding tert-OH is 1. The summed E-state index contributed by atoms with van der Waals surface area (Å²) >= 11 is 8.89. The Morgan fingerprint density at radius 2 is 2.12 bits per heavy atom. The summed E-state index contributed by atoms with van der Waals surface area (Å²) in [4.78, 5) is 0. The lowest BCUT2D eigenvalue weighted by Gasteiger charge is -2.12. The van der Waals surface area contributed by atoms with Crippen LogP contribution in [0.3, 0.4) is 0 Å². The Morgan fingerprint density at radius 3 is 2.75 bits per heavy atom. The van der Waals surface area contributed by atoms with Crippen LogP contribution < -0.4 is 0 Å². The minimum atomic E-state index is -1.21. The largest absolute Gasteiger partial charge is 0.466 e. The standard InChI is InChI=1S/C11H7BrClFO2/c12-6-3-4-7(13)9(10(6)14)11(15)8-2-1-5-16-8/h1-5,11,15H. The molecule has 1 atom stereocenters. The fourth-order valence-electron chi connectivity index (χ4n) is 1.38. The summed E-state index contributed by atoms with van der Waals surface area (Å²) in [5, 5.41) is 10.1. The van der Waals surface area contributed by atoms with Gasteiger partial charge in [0.15, 0.2) is 0 Å². The van der Waals surface area contributed by atoms with Gasteiger partial charge in [0, 0.05) is 10.6 Å². The van der Waals surface area contributed by atoms with Gasteiger partial charge in [-0.15, -0.1) is 0 Å². The van der Waals surface area contributed by atoms with Crippen LogP contribution in [0.25, 0.3) is 0 Å². The molecule has 16 heavy (non-hydrogen) atoms. The van der Waals surface area contributed by atoms with Gasteiger partial charge in [-0.3, -0.25) is 0 Å². The highest BCUT2D eigenvalue weighted by atomic mass is 79.9. The molecule has 1 heterocycles. The zero-order valence-corrected chi connectivity index (χ0v) is 10.3. The van der Waals surface area contributed by atoms with E-state index in [1.165, 1.54) is 18.4 Å². The van der Waals surface area contributed by atoms with E-state index in [-0.39, 0.29) is 20.8 Å². The first-order valence-electron chi connectivity index (χ1n) is 4.46. The summed E-state index contributed by atoms with van der Waals surface area (Å²) in [5.74, 6) is -0.338. The van der Waals surface area contributed by atoms with Crippen LogP contribution in [0.5, 0.6) is 0 Å². The third-order valence-electron chi connectivity index (χ3n) is 2.17. The van der Waals surface area contributed by atoms with Crippen molar-refractivity contribution in [3.05, 3.63) is 57.2 Å². The summed E-state index contributed by atoms with van der Waals surface area (Å²) < 4.78 is 19.0. The van der Waals surface area contributed by atoms with E-state index in [0.29, 0.717) is 0 Å². The second-order valence-corrected chi connectivity index (χ2v) is 4.44. The lowest BCUT2D eigenvalue weighted by Crippen LogP contribution is -2.03. The van der Waals surface area contributed by atoms with E-state index >= 15 is 0 Å². The molecular formula is C11H7BrClFO2. The third-order valence-corrected chi connectivity index (χ3v) is 3.11. The Kier molecular flexibility index (Phi) is 3.33. The first-order chi connectivity index (χ1) is 7.61. The second kappa shape index (κ2) is 4.57. The molecule has 0 bridgehead atoms. The summed E-state index contributed by atoms with van der Waals surface area (Å²) in [6, 6.07) is 6.16. The van der Waals surface area contributed by atoms with Gasteiger partial charge in [-0.25, -0.2) is 4.39 Å². The van der Waals surface area contributed by atoms with E-state index in [9.17, 15) is 9.50 Å². The molecule has 0 fully saturated rings. The second-order valence-electron chi connectivity index (χ2n) is 3.17. The van der Waals surface area contributed by atoms with Crippen LogP contribution in [0.4, 0.5) is 4.39 Å². The molecular weight excluding hydrogens is 298 g/mol. The molecule has 1 aromatic carbocycles. The SMILES string of the molecule is OC(c1ccco1)c1c(Cl)ccc(Br)c1F. The summed E-state index contributed by atoms with van der Waals surface area (Å²) in [5.41, 5.74) is 0.00555. The molecule has 0 amide bonds. The molecule has 0 spiro atoms. The number of benzene rings is 1. The normalized spacial score (nSPS) is 12.8. The maximum absolute atomic E-state index is 13.8. The third kappa shape index (κ3) is 2.00. The smallest absolute Gasteiger partial charge is 0.145 e. The van der Waals surface area contributed by atoms with Crippen LogP contribution in [0.15, 0.2) is 39.4 Å². The zero-order chi connectivity index (χ0) is 11.7. The van der Waals surface area contributed by atoms with Crippen LogP contribution in [0.2, 0.25) is 5.02 Å². The summed E-state index contributed by atoms with van der Waals surface area (Å²) in [6.07, 6.45) is 0.197. The van der Waals surface area contributed by atoms with Crippen molar-refractivity contribution < 1.29 is 13.9 Å². The van der Waals surface area contributed by atoms with Crippen molar-refractivity contribution in [2.24, 2.45) is 0 Å². The van der Waals surface area contributed by atoms with E-state index in [1.807, 2.05) is 0 Å². The predicted octanol–water partition coefficient (Wildman–Crippen LogP) is 3.92. The van der Waals surface area contributed by atoms with Gasteiger partial charge in [-0.2, -0.15) is 0 Å². The number of rotatable bonds is 2. The quantitative estimate of drug-likeness (QED) is 0.853. The molecule has 2 aromatic rings. The van der Waals surface area contributed by atoms with Crippen molar-refractivity contribution >= 4 is 27.5 Å². The maximum atomic E-state index is 13.8. The molecule has 1 N–H and O–H groups in total. The summed E-state index contributed by atoms with van der Waals surface area (Å²) in [7, 11) is 0. The number of halogens is 3. The fourth-order valence-corrected chi connectivity index (χ4v) is 1.98. The molecule has 1 unspecified atom stereocenters. The highest BCUT2D eigenvalue weighted by Gasteiger charge is 2.22. The Balaban J connectivity index is 2.52. The van der Waals surface area contributed by atoms with E-state index in [2.05, 4.69) is 15.9 Å². The lowest BCUT2D eigenvalue weighted by atomic mass is 10.1. The molecule has 0 saturated carbocycles. The van der Waals surface area contributed by atoms with Crippen LogP contribution >= 0.6 is 27.5 Å². The first kappa shape index (κ1) is 11.6. The molecule has 2 rings (SSSR count). The Bertz CT molecular complexity index is 499. The maximum Gasteiger partial charge on any atom is 0.145 e. The van der Waals surface area contributed by atoms with Crippen LogP contribution in [0, 0.1) is 5.82 Å². The van der Waals surface area contributed by atoms with Gasteiger partial charge in [0.25, 0.3) is 0 Å². The van der Waals surface area contributed by atoms with Crippen molar-refractivity contribution in [1.29, 1.82) is 0 Å². The Hall–Kier alpha value is -0.840. The molecule has 2 nitrogen and oxygen atoms in total. The molecule has 1 aromatic heterocycles. The average Bonchev–Trinajstić information content (AvgIpc) is 2.77. The van der Waals surface area contributed by atoms with Crippen LogP contribution in [-0.2, 0) is 0 Å². The van der Waals surface area contributed by atoms with Gasteiger partial charge in [0.2, 0.25) is 0 Å².